The number of furan rings is 1. The predicted molar refractivity (Wildman–Crippen MR) is 67.8 cm³/mol. The molecule has 0 saturated carbocycles. The first-order chi connectivity index (χ1) is 9.47. The van der Waals surface area contributed by atoms with Gasteiger partial charge in [-0.15, -0.1) is 0 Å². The van der Waals surface area contributed by atoms with Gasteiger partial charge in [0.1, 0.15) is 5.76 Å². The highest BCUT2D eigenvalue weighted by molar-refractivity contribution is 7.85. The number of aromatic nitrogens is 1. The summed E-state index contributed by atoms with van der Waals surface area (Å²) in [5.41, 5.74) is 2.54. The summed E-state index contributed by atoms with van der Waals surface area (Å²) in [5, 5.41) is 2.99. The highest BCUT2D eigenvalue weighted by atomic mass is 32.2. The van der Waals surface area contributed by atoms with E-state index in [9.17, 15) is 13.2 Å². The van der Waals surface area contributed by atoms with E-state index in [-0.39, 0.29) is 5.76 Å². The SMILES string of the molecule is O=C(N/N=C/c1ccc(S(=O)(=O)O)o1)c1cccnc1. The lowest BCUT2D eigenvalue weighted by molar-refractivity contribution is 0.0954. The van der Waals surface area contributed by atoms with Crippen molar-refractivity contribution in [2.45, 2.75) is 5.09 Å². The first-order valence-corrected chi connectivity index (χ1v) is 6.71. The highest BCUT2D eigenvalue weighted by Gasteiger charge is 2.14. The van der Waals surface area contributed by atoms with Crippen LogP contribution in [0.5, 0.6) is 0 Å². The van der Waals surface area contributed by atoms with Gasteiger partial charge in [-0.2, -0.15) is 13.5 Å². The third-order valence-electron chi connectivity index (χ3n) is 2.14. The second-order valence-corrected chi connectivity index (χ2v) is 4.93. The largest absolute Gasteiger partial charge is 0.441 e. The van der Waals surface area contributed by atoms with Crippen LogP contribution in [0.4, 0.5) is 0 Å². The molecule has 0 spiro atoms. The standard InChI is InChI=1S/C11H9N3O5S/c15-11(8-2-1-5-12-6-8)14-13-7-9-3-4-10(19-9)20(16,17)18/h1-7H,(H,14,15)(H,16,17,18)/b13-7+. The van der Waals surface area contributed by atoms with Gasteiger partial charge in [-0.25, -0.2) is 5.43 Å². The Bertz CT molecular complexity index is 736. The van der Waals surface area contributed by atoms with Gasteiger partial charge in [0.25, 0.3) is 5.91 Å². The Morgan fingerprint density at radius 3 is 2.80 bits per heavy atom. The fraction of sp³-hybridized carbons (Fsp3) is 0. The minimum atomic E-state index is -4.39. The first kappa shape index (κ1) is 13.9. The summed E-state index contributed by atoms with van der Waals surface area (Å²) < 4.78 is 35.0. The molecule has 0 aromatic carbocycles. The summed E-state index contributed by atoms with van der Waals surface area (Å²) >= 11 is 0. The topological polar surface area (TPSA) is 122 Å². The van der Waals surface area contributed by atoms with Crippen molar-refractivity contribution in [1.82, 2.24) is 10.4 Å². The molecule has 1 amide bonds. The van der Waals surface area contributed by atoms with E-state index in [0.717, 1.165) is 12.3 Å². The van der Waals surface area contributed by atoms with E-state index >= 15 is 0 Å². The molecule has 9 heteroatoms. The molecular formula is C11H9N3O5S. The van der Waals surface area contributed by atoms with E-state index in [2.05, 4.69) is 15.5 Å². The molecule has 20 heavy (non-hydrogen) atoms. The number of hydrazone groups is 1. The fourth-order valence-electron chi connectivity index (χ4n) is 1.26. The monoisotopic (exact) mass is 295 g/mol. The van der Waals surface area contributed by atoms with Gasteiger partial charge < -0.3 is 4.42 Å². The zero-order valence-corrected chi connectivity index (χ0v) is 10.7. The molecule has 0 radical (unpaired) electrons. The molecule has 0 bridgehead atoms. The van der Waals surface area contributed by atoms with E-state index in [1.165, 1.54) is 18.5 Å². The predicted octanol–water partition coefficient (Wildman–Crippen LogP) is 0.685. The maximum atomic E-state index is 11.6. The lowest BCUT2D eigenvalue weighted by atomic mass is 10.3. The number of pyridine rings is 1. The number of hydrogen-bond donors (Lipinski definition) is 2. The molecule has 2 aromatic rings. The molecule has 2 rings (SSSR count). The summed E-state index contributed by atoms with van der Waals surface area (Å²) in [6.45, 7) is 0. The summed E-state index contributed by atoms with van der Waals surface area (Å²) in [5.74, 6) is -0.417. The van der Waals surface area contributed by atoms with Gasteiger partial charge in [0, 0.05) is 12.4 Å². The van der Waals surface area contributed by atoms with Crippen LogP contribution < -0.4 is 5.43 Å². The number of hydrogen-bond acceptors (Lipinski definition) is 6. The highest BCUT2D eigenvalue weighted by Crippen LogP contribution is 2.11. The molecule has 0 aliphatic carbocycles. The summed E-state index contributed by atoms with van der Waals surface area (Å²) in [6.07, 6.45) is 4.00. The zero-order chi connectivity index (χ0) is 14.6. The van der Waals surface area contributed by atoms with Crippen molar-refractivity contribution in [3.8, 4) is 0 Å². The van der Waals surface area contributed by atoms with Crippen molar-refractivity contribution in [3.63, 3.8) is 0 Å². The lowest BCUT2D eigenvalue weighted by Gasteiger charge is -1.97. The molecule has 0 aliphatic heterocycles. The van der Waals surface area contributed by atoms with Crippen LogP contribution in [-0.2, 0) is 10.1 Å². The normalized spacial score (nSPS) is 11.7. The Kier molecular flexibility index (Phi) is 3.91. The summed E-state index contributed by atoms with van der Waals surface area (Å²) in [7, 11) is -4.39. The number of nitrogens with one attached hydrogen (secondary N) is 1. The smallest absolute Gasteiger partial charge is 0.328 e. The number of nitrogens with zero attached hydrogens (tertiary/aromatic N) is 2. The quantitative estimate of drug-likeness (QED) is 0.486. The van der Waals surface area contributed by atoms with Crippen LogP contribution in [0.1, 0.15) is 16.1 Å². The summed E-state index contributed by atoms with van der Waals surface area (Å²) in [4.78, 5) is 15.3. The molecule has 2 N–H and O–H groups in total. The minimum absolute atomic E-state index is 0.0594. The van der Waals surface area contributed by atoms with Crippen molar-refractivity contribution in [2.75, 3.05) is 0 Å². The average molecular weight is 295 g/mol. The Hall–Kier alpha value is -2.52. The second kappa shape index (κ2) is 5.63. The molecule has 0 unspecified atom stereocenters. The van der Waals surface area contributed by atoms with Crippen LogP contribution in [0.2, 0.25) is 0 Å². The molecule has 2 heterocycles. The fourth-order valence-corrected chi connectivity index (χ4v) is 1.70. The van der Waals surface area contributed by atoms with Crippen LogP contribution in [0.25, 0.3) is 0 Å². The van der Waals surface area contributed by atoms with E-state index in [0.29, 0.717) is 5.56 Å². The third-order valence-corrected chi connectivity index (χ3v) is 2.87. The van der Waals surface area contributed by atoms with Gasteiger partial charge in [-0.1, -0.05) is 0 Å². The van der Waals surface area contributed by atoms with Gasteiger partial charge in [0.15, 0.2) is 0 Å². The molecule has 0 atom stereocenters. The molecule has 0 aliphatic rings. The molecule has 104 valence electrons. The maximum absolute atomic E-state index is 11.6. The minimum Gasteiger partial charge on any atom is -0.441 e. The third kappa shape index (κ3) is 3.49. The Labute approximate surface area is 113 Å². The van der Waals surface area contributed by atoms with Gasteiger partial charge in [0.2, 0.25) is 5.09 Å². The van der Waals surface area contributed by atoms with Gasteiger partial charge in [-0.3, -0.25) is 14.3 Å². The zero-order valence-electron chi connectivity index (χ0n) is 9.92. The number of carbonyl (C=O) groups is 1. The lowest BCUT2D eigenvalue weighted by Crippen LogP contribution is -2.17. The molecule has 0 saturated heterocycles. The van der Waals surface area contributed by atoms with Crippen molar-refractivity contribution in [3.05, 3.63) is 48.0 Å². The Morgan fingerprint density at radius 1 is 1.40 bits per heavy atom. The average Bonchev–Trinajstić information content (AvgIpc) is 2.88. The van der Waals surface area contributed by atoms with Crippen molar-refractivity contribution in [1.29, 1.82) is 0 Å². The van der Waals surface area contributed by atoms with Crippen LogP contribution in [0.15, 0.2) is 51.3 Å². The second-order valence-electron chi connectivity index (χ2n) is 3.57. The van der Waals surface area contributed by atoms with Crippen LogP contribution >= 0.6 is 0 Å². The van der Waals surface area contributed by atoms with E-state index in [1.54, 1.807) is 12.1 Å². The van der Waals surface area contributed by atoms with Crippen LogP contribution in [-0.4, -0.2) is 30.1 Å². The van der Waals surface area contributed by atoms with Crippen LogP contribution in [0.3, 0.4) is 0 Å². The van der Waals surface area contributed by atoms with Crippen molar-refractivity contribution >= 4 is 22.2 Å². The van der Waals surface area contributed by atoms with Crippen molar-refractivity contribution < 1.29 is 22.2 Å². The number of amides is 1. The molecular weight excluding hydrogens is 286 g/mol. The molecule has 0 fully saturated rings. The number of rotatable bonds is 4. The Morgan fingerprint density at radius 2 is 2.20 bits per heavy atom. The number of carbonyl (C=O) groups excluding carboxylic acids is 1. The van der Waals surface area contributed by atoms with Gasteiger partial charge >= 0.3 is 10.1 Å². The maximum Gasteiger partial charge on any atom is 0.328 e. The van der Waals surface area contributed by atoms with E-state index < -0.39 is 21.1 Å². The van der Waals surface area contributed by atoms with E-state index in [4.69, 9.17) is 8.97 Å². The molecule has 8 nitrogen and oxygen atoms in total. The molecule has 2 aromatic heterocycles. The first-order valence-electron chi connectivity index (χ1n) is 5.27. The van der Waals surface area contributed by atoms with Crippen molar-refractivity contribution in [2.24, 2.45) is 5.10 Å². The van der Waals surface area contributed by atoms with E-state index in [1.807, 2.05) is 0 Å². The Balaban J connectivity index is 2.01. The van der Waals surface area contributed by atoms with Gasteiger partial charge in [-0.05, 0) is 24.3 Å². The van der Waals surface area contributed by atoms with Crippen LogP contribution in [0, 0.1) is 0 Å². The summed E-state index contributed by atoms with van der Waals surface area (Å²) in [6, 6.07) is 5.51. The van der Waals surface area contributed by atoms with Gasteiger partial charge in [0.05, 0.1) is 11.8 Å².